The van der Waals surface area contributed by atoms with Crippen LogP contribution in [0.25, 0.3) is 20.8 Å². The van der Waals surface area contributed by atoms with Crippen LogP contribution in [0.3, 0.4) is 0 Å². The van der Waals surface area contributed by atoms with Crippen molar-refractivity contribution in [2.24, 2.45) is 0 Å². The van der Waals surface area contributed by atoms with Crippen molar-refractivity contribution in [1.82, 2.24) is 4.98 Å². The number of anilines is 1. The number of nitrogens with zero attached hydrogens (tertiary/aromatic N) is 1. The molecule has 1 N–H and O–H groups in total. The summed E-state index contributed by atoms with van der Waals surface area (Å²) in [4.78, 5) is 42.2. The molecule has 1 amide bonds. The molecule has 0 aliphatic carbocycles. The zero-order chi connectivity index (χ0) is 22.8. The summed E-state index contributed by atoms with van der Waals surface area (Å²) in [6.45, 7) is 1.60. The van der Waals surface area contributed by atoms with Gasteiger partial charge in [0.15, 0.2) is 0 Å². The molecule has 162 valence electrons. The number of para-hydroxylation sites is 1. The lowest BCUT2D eigenvalue weighted by molar-refractivity contribution is 0.0590. The summed E-state index contributed by atoms with van der Waals surface area (Å²) < 4.78 is 16.4. The fraction of sp³-hybridized carbons (Fsp3) is 0.130. The van der Waals surface area contributed by atoms with E-state index in [2.05, 4.69) is 10.3 Å². The number of amides is 1. The van der Waals surface area contributed by atoms with Gasteiger partial charge in [0.25, 0.3) is 5.91 Å². The summed E-state index contributed by atoms with van der Waals surface area (Å²) in [5.74, 6) is -1.56. The van der Waals surface area contributed by atoms with Crippen LogP contribution in [0, 0.1) is 6.92 Å². The van der Waals surface area contributed by atoms with Crippen molar-refractivity contribution in [3.05, 3.63) is 71.0 Å². The number of nitrogens with one attached hydrogen (secondary N) is 1. The smallest absolute Gasteiger partial charge is 0.342 e. The van der Waals surface area contributed by atoms with Gasteiger partial charge in [0, 0.05) is 0 Å². The van der Waals surface area contributed by atoms with Gasteiger partial charge in [0.05, 0.1) is 41.1 Å². The van der Waals surface area contributed by atoms with Gasteiger partial charge in [-0.25, -0.2) is 14.6 Å². The Balaban J connectivity index is 1.83. The zero-order valence-corrected chi connectivity index (χ0v) is 18.2. The van der Waals surface area contributed by atoms with Gasteiger partial charge in [0.1, 0.15) is 16.3 Å². The molecule has 9 heteroatoms. The number of rotatable bonds is 5. The molecule has 2 aromatic carbocycles. The summed E-state index contributed by atoms with van der Waals surface area (Å²) in [5, 5.41) is 3.16. The van der Waals surface area contributed by atoms with Crippen molar-refractivity contribution in [3.8, 4) is 10.6 Å². The van der Waals surface area contributed by atoms with Gasteiger partial charge in [-0.05, 0) is 31.2 Å². The maximum absolute atomic E-state index is 13.1. The normalized spacial score (nSPS) is 10.7. The molecule has 32 heavy (non-hydrogen) atoms. The maximum Gasteiger partial charge on any atom is 0.342 e. The molecule has 0 fully saturated rings. The van der Waals surface area contributed by atoms with Crippen molar-refractivity contribution < 1.29 is 28.3 Å². The van der Waals surface area contributed by atoms with E-state index in [-0.39, 0.29) is 28.3 Å². The molecule has 0 spiro atoms. The lowest BCUT2D eigenvalue weighted by Crippen LogP contribution is -2.17. The molecule has 0 aliphatic rings. The van der Waals surface area contributed by atoms with Crippen LogP contribution in [0.1, 0.15) is 36.8 Å². The third kappa shape index (κ3) is 3.74. The van der Waals surface area contributed by atoms with Crippen LogP contribution >= 0.6 is 11.3 Å². The number of aromatic nitrogens is 1. The van der Waals surface area contributed by atoms with Crippen LogP contribution < -0.4 is 5.32 Å². The van der Waals surface area contributed by atoms with Crippen LogP contribution in [0.15, 0.2) is 52.9 Å². The number of fused-ring (bicyclic) bond motifs is 1. The topological polar surface area (TPSA) is 108 Å². The van der Waals surface area contributed by atoms with E-state index in [0.29, 0.717) is 10.6 Å². The quantitative estimate of drug-likeness (QED) is 0.440. The maximum atomic E-state index is 13.1. The van der Waals surface area contributed by atoms with Crippen LogP contribution in [0.5, 0.6) is 0 Å². The molecule has 0 saturated heterocycles. The SMILES string of the molecule is COC(=O)c1ccccc1C(=O)Nc1oc(C)c(C(=O)OC)c1-c1nc2ccccc2s1. The minimum Gasteiger partial charge on any atom is -0.465 e. The van der Waals surface area contributed by atoms with Gasteiger partial charge in [-0.3, -0.25) is 10.1 Å². The molecule has 2 aromatic heterocycles. The monoisotopic (exact) mass is 450 g/mol. The predicted octanol–water partition coefficient (Wildman–Crippen LogP) is 4.69. The molecule has 0 radical (unpaired) electrons. The number of esters is 2. The van der Waals surface area contributed by atoms with E-state index in [0.717, 1.165) is 10.2 Å². The average Bonchev–Trinajstić information content (AvgIpc) is 3.38. The second-order valence-corrected chi connectivity index (χ2v) is 7.74. The number of benzene rings is 2. The second kappa shape index (κ2) is 8.64. The number of thiazole rings is 1. The number of furan rings is 1. The summed E-state index contributed by atoms with van der Waals surface area (Å²) in [7, 11) is 2.50. The first-order chi connectivity index (χ1) is 15.4. The van der Waals surface area contributed by atoms with E-state index in [9.17, 15) is 14.4 Å². The molecular weight excluding hydrogens is 432 g/mol. The molecule has 0 unspecified atom stereocenters. The van der Waals surface area contributed by atoms with Gasteiger partial charge >= 0.3 is 11.9 Å². The van der Waals surface area contributed by atoms with E-state index >= 15 is 0 Å². The zero-order valence-electron chi connectivity index (χ0n) is 17.4. The molecule has 4 rings (SSSR count). The summed E-state index contributed by atoms with van der Waals surface area (Å²) in [6, 6.07) is 13.7. The molecule has 2 heterocycles. The molecule has 0 atom stereocenters. The first kappa shape index (κ1) is 21.3. The van der Waals surface area contributed by atoms with E-state index in [4.69, 9.17) is 13.9 Å². The van der Waals surface area contributed by atoms with E-state index < -0.39 is 17.8 Å². The predicted molar refractivity (Wildman–Crippen MR) is 119 cm³/mol. The Labute approximate surface area is 186 Å². The highest BCUT2D eigenvalue weighted by Crippen LogP contribution is 2.40. The van der Waals surface area contributed by atoms with Crippen molar-refractivity contribution in [1.29, 1.82) is 0 Å². The van der Waals surface area contributed by atoms with Crippen molar-refractivity contribution in [2.45, 2.75) is 6.92 Å². The number of hydrogen-bond acceptors (Lipinski definition) is 8. The van der Waals surface area contributed by atoms with Gasteiger partial charge in [-0.1, -0.05) is 24.3 Å². The fourth-order valence-corrected chi connectivity index (χ4v) is 4.32. The first-order valence-electron chi connectivity index (χ1n) is 9.51. The van der Waals surface area contributed by atoms with Crippen LogP contribution in [0.2, 0.25) is 0 Å². The van der Waals surface area contributed by atoms with Gasteiger partial charge in [-0.2, -0.15) is 0 Å². The van der Waals surface area contributed by atoms with Gasteiger partial charge < -0.3 is 13.9 Å². The van der Waals surface area contributed by atoms with Crippen molar-refractivity contribution in [3.63, 3.8) is 0 Å². The molecule has 4 aromatic rings. The third-order valence-electron chi connectivity index (χ3n) is 4.79. The lowest BCUT2D eigenvalue weighted by Gasteiger charge is -2.08. The Morgan fingerprint density at radius 3 is 2.28 bits per heavy atom. The summed E-state index contributed by atoms with van der Waals surface area (Å²) in [5.41, 5.74) is 1.44. The van der Waals surface area contributed by atoms with E-state index in [1.54, 1.807) is 19.1 Å². The number of ether oxygens (including phenoxy) is 2. The summed E-state index contributed by atoms with van der Waals surface area (Å²) >= 11 is 1.35. The number of hydrogen-bond donors (Lipinski definition) is 1. The summed E-state index contributed by atoms with van der Waals surface area (Å²) in [6.07, 6.45) is 0. The first-order valence-corrected chi connectivity index (χ1v) is 10.3. The number of carbonyl (C=O) groups is 3. The minimum atomic E-state index is -0.645. The number of aryl methyl sites for hydroxylation is 1. The second-order valence-electron chi connectivity index (χ2n) is 6.71. The van der Waals surface area contributed by atoms with E-state index in [1.807, 2.05) is 24.3 Å². The van der Waals surface area contributed by atoms with Crippen molar-refractivity contribution >= 4 is 45.3 Å². The van der Waals surface area contributed by atoms with Crippen LogP contribution in [0.4, 0.5) is 5.88 Å². The van der Waals surface area contributed by atoms with Crippen LogP contribution in [-0.2, 0) is 9.47 Å². The lowest BCUT2D eigenvalue weighted by atomic mass is 10.1. The van der Waals surface area contributed by atoms with E-state index in [1.165, 1.54) is 37.7 Å². The van der Waals surface area contributed by atoms with Crippen LogP contribution in [-0.4, -0.2) is 37.0 Å². The Bertz CT molecular complexity index is 1320. The molecule has 0 saturated carbocycles. The molecule has 8 nitrogen and oxygen atoms in total. The minimum absolute atomic E-state index is 0.0339. The highest BCUT2D eigenvalue weighted by atomic mass is 32.1. The standard InChI is InChI=1S/C23H18N2O6S/c1-12-17(23(28)30-3)18(21-24-15-10-6-7-11-16(15)32-21)20(31-12)25-19(26)13-8-4-5-9-14(13)22(27)29-2/h4-11H,1-3H3,(H,25,26). The molecule has 0 bridgehead atoms. The average molecular weight is 450 g/mol. The highest BCUT2D eigenvalue weighted by Gasteiger charge is 2.29. The Morgan fingerprint density at radius 2 is 1.59 bits per heavy atom. The third-order valence-corrected chi connectivity index (χ3v) is 5.84. The highest BCUT2D eigenvalue weighted by molar-refractivity contribution is 7.21. The largest absolute Gasteiger partial charge is 0.465 e. The fourth-order valence-electron chi connectivity index (χ4n) is 3.30. The molecular formula is C23H18N2O6S. The Kier molecular flexibility index (Phi) is 5.74. The van der Waals surface area contributed by atoms with Gasteiger partial charge in [-0.15, -0.1) is 11.3 Å². The van der Waals surface area contributed by atoms with Crippen molar-refractivity contribution in [2.75, 3.05) is 19.5 Å². The Hall–Kier alpha value is -3.98. The van der Waals surface area contributed by atoms with Gasteiger partial charge in [0.2, 0.25) is 5.88 Å². The number of carbonyl (C=O) groups excluding carboxylic acids is 3. The Morgan fingerprint density at radius 1 is 0.938 bits per heavy atom. The molecule has 0 aliphatic heterocycles. The number of methoxy groups -OCH3 is 2.